The van der Waals surface area contributed by atoms with E-state index in [9.17, 15) is 13.2 Å². The minimum Gasteiger partial charge on any atom is -0.496 e. The van der Waals surface area contributed by atoms with Crippen LogP contribution in [0.2, 0.25) is 0 Å². The molecule has 2 nitrogen and oxygen atoms in total. The molecule has 0 aliphatic rings. The van der Waals surface area contributed by atoms with Crippen molar-refractivity contribution in [3.05, 3.63) is 29.3 Å². The Balaban J connectivity index is 3.25. The van der Waals surface area contributed by atoms with Crippen LogP contribution in [-0.2, 0) is 12.6 Å². The summed E-state index contributed by atoms with van der Waals surface area (Å²) >= 11 is 0. The van der Waals surface area contributed by atoms with Gasteiger partial charge in [-0.05, 0) is 25.1 Å². The lowest BCUT2D eigenvalue weighted by atomic mass is 10.0. The van der Waals surface area contributed by atoms with E-state index in [1.807, 2.05) is 0 Å². The summed E-state index contributed by atoms with van der Waals surface area (Å²) in [6.45, 7) is 0.156. The van der Waals surface area contributed by atoms with E-state index in [0.717, 1.165) is 6.07 Å². The van der Waals surface area contributed by atoms with Crippen LogP contribution in [0.4, 0.5) is 13.2 Å². The van der Waals surface area contributed by atoms with E-state index >= 15 is 0 Å². The topological polar surface area (TPSA) is 35.2 Å². The van der Waals surface area contributed by atoms with Gasteiger partial charge < -0.3 is 10.5 Å². The molecule has 15 heavy (non-hydrogen) atoms. The molecule has 0 spiro atoms. The Hall–Kier alpha value is -1.23. The SMILES string of the molecule is COc1cccc(C(F)(F)F)c1CCN. The van der Waals surface area contributed by atoms with Gasteiger partial charge in [-0.25, -0.2) is 0 Å². The third-order valence-corrected chi connectivity index (χ3v) is 2.05. The largest absolute Gasteiger partial charge is 0.496 e. The van der Waals surface area contributed by atoms with E-state index in [2.05, 4.69) is 0 Å². The second kappa shape index (κ2) is 4.53. The van der Waals surface area contributed by atoms with Crippen LogP contribution in [0.5, 0.6) is 5.75 Å². The Kier molecular flexibility index (Phi) is 3.57. The van der Waals surface area contributed by atoms with Gasteiger partial charge in [0, 0.05) is 5.56 Å². The van der Waals surface area contributed by atoms with E-state index < -0.39 is 11.7 Å². The molecule has 0 unspecified atom stereocenters. The number of nitrogens with two attached hydrogens (primary N) is 1. The second-order valence-electron chi connectivity index (χ2n) is 3.02. The minimum atomic E-state index is -4.36. The highest BCUT2D eigenvalue weighted by Gasteiger charge is 2.34. The average molecular weight is 219 g/mol. The van der Waals surface area contributed by atoms with Gasteiger partial charge >= 0.3 is 6.18 Å². The summed E-state index contributed by atoms with van der Waals surface area (Å²) in [5.41, 5.74) is 4.72. The predicted octanol–water partition coefficient (Wildman–Crippen LogP) is 2.22. The number of hydrogen-bond acceptors (Lipinski definition) is 2. The van der Waals surface area contributed by atoms with E-state index in [1.54, 1.807) is 0 Å². The van der Waals surface area contributed by atoms with Crippen molar-refractivity contribution in [2.75, 3.05) is 13.7 Å². The third-order valence-electron chi connectivity index (χ3n) is 2.05. The summed E-state index contributed by atoms with van der Waals surface area (Å²) in [5, 5.41) is 0. The minimum absolute atomic E-state index is 0.120. The molecule has 1 aromatic carbocycles. The van der Waals surface area contributed by atoms with Crippen LogP contribution < -0.4 is 10.5 Å². The Morgan fingerprint density at radius 1 is 1.33 bits per heavy atom. The maximum absolute atomic E-state index is 12.6. The standard InChI is InChI=1S/C10H12F3NO/c1-15-9-4-2-3-8(10(11,12)13)7(9)5-6-14/h2-4H,5-6,14H2,1H3. The van der Waals surface area contributed by atoms with Gasteiger partial charge in [0.05, 0.1) is 12.7 Å². The van der Waals surface area contributed by atoms with Crippen molar-refractivity contribution >= 4 is 0 Å². The first-order chi connectivity index (χ1) is 7.00. The Bertz CT molecular complexity index is 336. The number of ether oxygens (including phenoxy) is 1. The van der Waals surface area contributed by atoms with Gasteiger partial charge in [-0.3, -0.25) is 0 Å². The first-order valence-electron chi connectivity index (χ1n) is 4.44. The summed E-state index contributed by atoms with van der Waals surface area (Å²) in [5.74, 6) is 0.232. The van der Waals surface area contributed by atoms with Gasteiger partial charge in [0.1, 0.15) is 5.75 Å². The van der Waals surface area contributed by atoms with Crippen molar-refractivity contribution in [2.45, 2.75) is 12.6 Å². The van der Waals surface area contributed by atoms with Crippen LogP contribution in [0.25, 0.3) is 0 Å². The normalized spacial score (nSPS) is 11.5. The number of alkyl halides is 3. The van der Waals surface area contributed by atoms with Crippen molar-refractivity contribution in [2.24, 2.45) is 5.73 Å². The van der Waals surface area contributed by atoms with Gasteiger partial charge in [-0.1, -0.05) is 6.07 Å². The highest BCUT2D eigenvalue weighted by Crippen LogP contribution is 2.35. The zero-order valence-corrected chi connectivity index (χ0v) is 8.27. The highest BCUT2D eigenvalue weighted by molar-refractivity contribution is 5.42. The molecule has 1 aromatic rings. The summed E-state index contributed by atoms with van der Waals surface area (Å²) < 4.78 is 42.7. The van der Waals surface area contributed by atoms with Crippen molar-refractivity contribution in [1.29, 1.82) is 0 Å². The smallest absolute Gasteiger partial charge is 0.416 e. The maximum atomic E-state index is 12.6. The fourth-order valence-corrected chi connectivity index (χ4v) is 1.42. The van der Waals surface area contributed by atoms with Gasteiger partial charge in [-0.15, -0.1) is 0 Å². The summed E-state index contributed by atoms with van der Waals surface area (Å²) in [7, 11) is 1.34. The summed E-state index contributed by atoms with van der Waals surface area (Å²) in [6.07, 6.45) is -4.21. The molecule has 0 fully saturated rings. The fourth-order valence-electron chi connectivity index (χ4n) is 1.42. The quantitative estimate of drug-likeness (QED) is 0.845. The summed E-state index contributed by atoms with van der Waals surface area (Å²) in [4.78, 5) is 0. The molecule has 0 atom stereocenters. The number of halogens is 3. The van der Waals surface area contributed by atoms with E-state index in [0.29, 0.717) is 0 Å². The van der Waals surface area contributed by atoms with Crippen LogP contribution in [0.3, 0.4) is 0 Å². The molecule has 0 radical (unpaired) electrons. The molecule has 0 aliphatic carbocycles. The molecule has 0 amide bonds. The molecular weight excluding hydrogens is 207 g/mol. The first-order valence-corrected chi connectivity index (χ1v) is 4.44. The van der Waals surface area contributed by atoms with Gasteiger partial charge in [0.2, 0.25) is 0 Å². The molecule has 2 N–H and O–H groups in total. The number of hydrogen-bond donors (Lipinski definition) is 1. The Labute approximate surface area is 85.8 Å². The van der Waals surface area contributed by atoms with E-state index in [-0.39, 0.29) is 24.3 Å². The van der Waals surface area contributed by atoms with Crippen molar-refractivity contribution < 1.29 is 17.9 Å². The number of benzene rings is 1. The number of methoxy groups -OCH3 is 1. The zero-order chi connectivity index (χ0) is 11.5. The highest BCUT2D eigenvalue weighted by atomic mass is 19.4. The van der Waals surface area contributed by atoms with Crippen LogP contribution >= 0.6 is 0 Å². The van der Waals surface area contributed by atoms with Crippen LogP contribution in [0.15, 0.2) is 18.2 Å². The molecule has 0 aromatic heterocycles. The van der Waals surface area contributed by atoms with Crippen LogP contribution in [-0.4, -0.2) is 13.7 Å². The lowest BCUT2D eigenvalue weighted by Gasteiger charge is -2.15. The van der Waals surface area contributed by atoms with Crippen molar-refractivity contribution in [3.63, 3.8) is 0 Å². The Morgan fingerprint density at radius 2 is 2.00 bits per heavy atom. The van der Waals surface area contributed by atoms with Crippen molar-refractivity contribution in [1.82, 2.24) is 0 Å². The van der Waals surface area contributed by atoms with Gasteiger partial charge in [-0.2, -0.15) is 13.2 Å². The fraction of sp³-hybridized carbons (Fsp3) is 0.400. The third kappa shape index (κ3) is 2.62. The molecule has 0 aliphatic heterocycles. The van der Waals surface area contributed by atoms with E-state index in [1.165, 1.54) is 19.2 Å². The zero-order valence-electron chi connectivity index (χ0n) is 8.27. The number of rotatable bonds is 3. The molecule has 0 saturated heterocycles. The van der Waals surface area contributed by atoms with Crippen LogP contribution in [0, 0.1) is 0 Å². The first kappa shape index (κ1) is 11.8. The lowest BCUT2D eigenvalue weighted by molar-refractivity contribution is -0.138. The predicted molar refractivity (Wildman–Crippen MR) is 50.8 cm³/mol. The molecular formula is C10H12F3NO. The molecule has 84 valence electrons. The van der Waals surface area contributed by atoms with E-state index in [4.69, 9.17) is 10.5 Å². The molecule has 0 bridgehead atoms. The Morgan fingerprint density at radius 3 is 2.47 bits per heavy atom. The van der Waals surface area contributed by atoms with Crippen molar-refractivity contribution in [3.8, 4) is 5.75 Å². The van der Waals surface area contributed by atoms with Crippen LogP contribution in [0.1, 0.15) is 11.1 Å². The summed E-state index contributed by atoms with van der Waals surface area (Å²) in [6, 6.07) is 3.86. The molecule has 0 heterocycles. The molecule has 5 heteroatoms. The van der Waals surface area contributed by atoms with Gasteiger partial charge in [0.25, 0.3) is 0 Å². The van der Waals surface area contributed by atoms with Gasteiger partial charge in [0.15, 0.2) is 0 Å². The maximum Gasteiger partial charge on any atom is 0.416 e. The second-order valence-corrected chi connectivity index (χ2v) is 3.02. The molecule has 1 rings (SSSR count). The molecule has 0 saturated carbocycles. The monoisotopic (exact) mass is 219 g/mol. The lowest BCUT2D eigenvalue weighted by Crippen LogP contribution is -2.13. The average Bonchev–Trinajstić information content (AvgIpc) is 2.17.